The Morgan fingerprint density at radius 1 is 1.00 bits per heavy atom. The van der Waals surface area contributed by atoms with Gasteiger partial charge in [-0.15, -0.1) is 5.10 Å². The first-order valence-corrected chi connectivity index (χ1v) is 11.0. The monoisotopic (exact) mass is 469 g/mol. The number of halogens is 2. The van der Waals surface area contributed by atoms with Gasteiger partial charge in [-0.1, -0.05) is 47.1 Å². The van der Waals surface area contributed by atoms with Crippen LogP contribution in [0.5, 0.6) is 0 Å². The van der Waals surface area contributed by atoms with Crippen LogP contribution in [0.3, 0.4) is 0 Å². The summed E-state index contributed by atoms with van der Waals surface area (Å²) in [7, 11) is 0. The lowest BCUT2D eigenvalue weighted by Crippen LogP contribution is -2.50. The molecule has 2 aliphatic heterocycles. The number of nitrogens with zero attached hydrogens (tertiary/aromatic N) is 5. The molecule has 2 aromatic carbocycles. The molecule has 3 aromatic rings. The van der Waals surface area contributed by atoms with Crippen molar-refractivity contribution in [1.82, 2.24) is 24.8 Å². The standard InChI is InChI=1S/C23H21ClFN5O3/c24-17-12-16(6-7-18(17)25)22(31)28-8-10-29(11-9-28)23(32)21-19-14-33-20(13-30(19)27-26-21)15-4-2-1-3-5-15/h1-7,12,20H,8-11,13-14H2/t20-/m0/s1. The molecule has 0 radical (unpaired) electrons. The van der Waals surface area contributed by atoms with Crippen molar-refractivity contribution in [2.45, 2.75) is 19.3 Å². The van der Waals surface area contributed by atoms with Crippen molar-refractivity contribution in [3.05, 3.63) is 81.9 Å². The minimum Gasteiger partial charge on any atom is -0.365 e. The van der Waals surface area contributed by atoms with Crippen LogP contribution < -0.4 is 0 Å². The van der Waals surface area contributed by atoms with Crippen LogP contribution in [0.15, 0.2) is 48.5 Å². The molecule has 2 aliphatic rings. The Morgan fingerprint density at radius 2 is 1.70 bits per heavy atom. The van der Waals surface area contributed by atoms with E-state index < -0.39 is 5.82 Å². The quantitative estimate of drug-likeness (QED) is 0.589. The fourth-order valence-electron chi connectivity index (χ4n) is 4.12. The van der Waals surface area contributed by atoms with Crippen molar-refractivity contribution in [3.8, 4) is 0 Å². The largest absolute Gasteiger partial charge is 0.365 e. The van der Waals surface area contributed by atoms with E-state index in [-0.39, 0.29) is 35.2 Å². The van der Waals surface area contributed by atoms with Gasteiger partial charge in [-0.2, -0.15) is 0 Å². The highest BCUT2D eigenvalue weighted by molar-refractivity contribution is 6.31. The zero-order valence-corrected chi connectivity index (χ0v) is 18.4. The molecule has 0 N–H and O–H groups in total. The molecule has 1 atom stereocenters. The average molecular weight is 470 g/mol. The number of fused-ring (bicyclic) bond motifs is 1. The maximum Gasteiger partial charge on any atom is 0.276 e. The minimum atomic E-state index is -0.570. The van der Waals surface area contributed by atoms with Gasteiger partial charge < -0.3 is 14.5 Å². The molecule has 1 saturated heterocycles. The van der Waals surface area contributed by atoms with Gasteiger partial charge in [0.05, 0.1) is 23.9 Å². The Balaban J connectivity index is 1.23. The first-order valence-electron chi connectivity index (χ1n) is 10.6. The van der Waals surface area contributed by atoms with E-state index in [9.17, 15) is 14.0 Å². The Morgan fingerprint density at radius 3 is 2.39 bits per heavy atom. The highest BCUT2D eigenvalue weighted by atomic mass is 35.5. The molecule has 170 valence electrons. The summed E-state index contributed by atoms with van der Waals surface area (Å²) in [6.07, 6.45) is -0.141. The van der Waals surface area contributed by atoms with Gasteiger partial charge in [0.25, 0.3) is 11.8 Å². The number of hydrogen-bond acceptors (Lipinski definition) is 5. The zero-order valence-electron chi connectivity index (χ0n) is 17.7. The molecule has 2 amide bonds. The minimum absolute atomic E-state index is 0.0940. The number of benzene rings is 2. The maximum absolute atomic E-state index is 13.4. The normalized spacial score (nSPS) is 18.2. The molecule has 8 nitrogen and oxygen atoms in total. The van der Waals surface area contributed by atoms with Gasteiger partial charge in [0.1, 0.15) is 11.9 Å². The summed E-state index contributed by atoms with van der Waals surface area (Å²) in [5.74, 6) is -1.04. The molecular formula is C23H21ClFN5O3. The van der Waals surface area contributed by atoms with Gasteiger partial charge >= 0.3 is 0 Å². The fourth-order valence-corrected chi connectivity index (χ4v) is 4.30. The Bertz CT molecular complexity index is 1190. The second-order valence-corrected chi connectivity index (χ2v) is 8.40. The van der Waals surface area contributed by atoms with Gasteiger partial charge in [0, 0.05) is 31.7 Å². The van der Waals surface area contributed by atoms with Crippen molar-refractivity contribution in [1.29, 1.82) is 0 Å². The van der Waals surface area contributed by atoms with E-state index in [0.29, 0.717) is 44.0 Å². The van der Waals surface area contributed by atoms with E-state index in [2.05, 4.69) is 10.3 Å². The molecular weight excluding hydrogens is 449 g/mol. The smallest absolute Gasteiger partial charge is 0.276 e. The topological polar surface area (TPSA) is 80.6 Å². The first kappa shape index (κ1) is 21.5. The summed E-state index contributed by atoms with van der Waals surface area (Å²) in [5.41, 5.74) is 2.31. The summed E-state index contributed by atoms with van der Waals surface area (Å²) in [5, 5.41) is 8.22. The first-order chi connectivity index (χ1) is 16.0. The van der Waals surface area contributed by atoms with Crippen molar-refractivity contribution in [3.63, 3.8) is 0 Å². The van der Waals surface area contributed by atoms with Crippen LogP contribution >= 0.6 is 11.6 Å². The van der Waals surface area contributed by atoms with Crippen molar-refractivity contribution in [2.24, 2.45) is 0 Å². The molecule has 1 fully saturated rings. The lowest BCUT2D eigenvalue weighted by atomic mass is 10.1. The van der Waals surface area contributed by atoms with E-state index in [1.165, 1.54) is 18.2 Å². The van der Waals surface area contributed by atoms with E-state index in [1.807, 2.05) is 30.3 Å². The van der Waals surface area contributed by atoms with Gasteiger partial charge in [-0.05, 0) is 23.8 Å². The molecule has 3 heterocycles. The second kappa shape index (κ2) is 8.92. The zero-order chi connectivity index (χ0) is 22.9. The summed E-state index contributed by atoms with van der Waals surface area (Å²) in [6, 6.07) is 13.8. The third-order valence-corrected chi connectivity index (χ3v) is 6.28. The molecule has 0 bridgehead atoms. The van der Waals surface area contributed by atoms with E-state index in [1.54, 1.807) is 14.5 Å². The molecule has 5 rings (SSSR count). The summed E-state index contributed by atoms with van der Waals surface area (Å²) < 4.78 is 21.1. The van der Waals surface area contributed by atoms with Crippen molar-refractivity contribution < 1.29 is 18.7 Å². The number of ether oxygens (including phenoxy) is 1. The van der Waals surface area contributed by atoms with Crippen LogP contribution in [-0.4, -0.2) is 62.8 Å². The Hall–Kier alpha value is -3.30. The molecule has 0 aliphatic carbocycles. The molecule has 0 spiro atoms. The van der Waals surface area contributed by atoms with Crippen LogP contribution in [-0.2, 0) is 17.9 Å². The van der Waals surface area contributed by atoms with E-state index in [0.717, 1.165) is 5.56 Å². The maximum atomic E-state index is 13.4. The van der Waals surface area contributed by atoms with E-state index in [4.69, 9.17) is 16.3 Å². The van der Waals surface area contributed by atoms with Gasteiger partial charge in [0.15, 0.2) is 5.69 Å². The highest BCUT2D eigenvalue weighted by Gasteiger charge is 2.32. The van der Waals surface area contributed by atoms with Crippen LogP contribution in [0.1, 0.15) is 38.2 Å². The number of hydrogen-bond donors (Lipinski definition) is 0. The van der Waals surface area contributed by atoms with Crippen LogP contribution in [0.2, 0.25) is 5.02 Å². The fraction of sp³-hybridized carbons (Fsp3) is 0.304. The number of aromatic nitrogens is 3. The number of carbonyl (C=O) groups excluding carboxylic acids is 2. The predicted molar refractivity (Wildman–Crippen MR) is 117 cm³/mol. The van der Waals surface area contributed by atoms with Crippen LogP contribution in [0, 0.1) is 5.82 Å². The van der Waals surface area contributed by atoms with E-state index >= 15 is 0 Å². The number of carbonyl (C=O) groups is 2. The lowest BCUT2D eigenvalue weighted by Gasteiger charge is -2.34. The molecule has 10 heteroatoms. The van der Waals surface area contributed by atoms with Crippen LogP contribution in [0.4, 0.5) is 4.39 Å². The Labute approximate surface area is 194 Å². The average Bonchev–Trinajstić information content (AvgIpc) is 3.29. The third kappa shape index (κ3) is 4.21. The lowest BCUT2D eigenvalue weighted by molar-refractivity contribution is -0.00202. The van der Waals surface area contributed by atoms with Crippen LogP contribution in [0.25, 0.3) is 0 Å². The van der Waals surface area contributed by atoms with Gasteiger partial charge in [-0.3, -0.25) is 9.59 Å². The number of rotatable bonds is 3. The van der Waals surface area contributed by atoms with Gasteiger partial charge in [0.2, 0.25) is 0 Å². The summed E-state index contributed by atoms with van der Waals surface area (Å²) >= 11 is 5.80. The highest BCUT2D eigenvalue weighted by Crippen LogP contribution is 2.27. The summed E-state index contributed by atoms with van der Waals surface area (Å²) in [6.45, 7) is 2.17. The summed E-state index contributed by atoms with van der Waals surface area (Å²) in [4.78, 5) is 29.1. The molecule has 0 saturated carbocycles. The van der Waals surface area contributed by atoms with Gasteiger partial charge in [-0.25, -0.2) is 9.07 Å². The SMILES string of the molecule is O=C(c1ccc(F)c(Cl)c1)N1CCN(C(=O)c2nnn3c2CO[C@H](c2ccccc2)C3)CC1. The Kier molecular flexibility index (Phi) is 5.82. The molecule has 1 aromatic heterocycles. The number of piperazine rings is 1. The predicted octanol–water partition coefficient (Wildman–Crippen LogP) is 2.94. The van der Waals surface area contributed by atoms with Crippen molar-refractivity contribution in [2.75, 3.05) is 26.2 Å². The van der Waals surface area contributed by atoms with Crippen molar-refractivity contribution >= 4 is 23.4 Å². The third-order valence-electron chi connectivity index (χ3n) is 5.99. The second-order valence-electron chi connectivity index (χ2n) is 7.99. The number of amides is 2. The molecule has 0 unspecified atom stereocenters. The molecule has 33 heavy (non-hydrogen) atoms.